The topological polar surface area (TPSA) is 24.5 Å². The predicted octanol–water partition coefficient (Wildman–Crippen LogP) is 1.88. The van der Waals surface area contributed by atoms with E-state index in [1.807, 2.05) is 6.92 Å². The molecule has 0 spiro atoms. The van der Waals surface area contributed by atoms with Crippen molar-refractivity contribution in [3.8, 4) is 0 Å². The first-order valence-corrected chi connectivity index (χ1v) is 6.86. The van der Waals surface area contributed by atoms with Gasteiger partial charge in [0.1, 0.15) is 0 Å². The van der Waals surface area contributed by atoms with E-state index < -0.39 is 0 Å². The lowest BCUT2D eigenvalue weighted by molar-refractivity contribution is 0.126. The Labute approximate surface area is 101 Å². The largest absolute Gasteiger partial charge is 0.380 e. The summed E-state index contributed by atoms with van der Waals surface area (Å²) in [5.41, 5.74) is 0. The summed E-state index contributed by atoms with van der Waals surface area (Å²) in [6, 6.07) is 0.487. The van der Waals surface area contributed by atoms with Crippen LogP contribution in [0.25, 0.3) is 0 Å². The molecule has 0 saturated carbocycles. The lowest BCUT2D eigenvalue weighted by Crippen LogP contribution is -2.35. The van der Waals surface area contributed by atoms with Gasteiger partial charge in [0, 0.05) is 12.6 Å². The van der Waals surface area contributed by atoms with Crippen molar-refractivity contribution in [1.82, 2.24) is 10.2 Å². The highest BCUT2D eigenvalue weighted by Crippen LogP contribution is 2.08. The molecule has 96 valence electrons. The Morgan fingerprint density at radius 3 is 2.69 bits per heavy atom. The molecule has 16 heavy (non-hydrogen) atoms. The standard InChI is InChI=1S/C13H28N2O/c1-3-16-12-13(2)14-8-7-11-15-9-5-4-6-10-15/h13-14H,3-12H2,1-2H3. The van der Waals surface area contributed by atoms with Crippen molar-refractivity contribution in [2.45, 2.75) is 45.6 Å². The molecular weight excluding hydrogens is 200 g/mol. The predicted molar refractivity (Wildman–Crippen MR) is 68.9 cm³/mol. The molecule has 1 saturated heterocycles. The van der Waals surface area contributed by atoms with E-state index in [0.717, 1.165) is 19.8 Å². The van der Waals surface area contributed by atoms with Gasteiger partial charge in [-0.25, -0.2) is 0 Å². The minimum atomic E-state index is 0.487. The van der Waals surface area contributed by atoms with Crippen LogP contribution in [-0.2, 0) is 4.74 Å². The molecule has 3 heteroatoms. The Kier molecular flexibility index (Phi) is 7.81. The minimum Gasteiger partial charge on any atom is -0.380 e. The third-order valence-corrected chi connectivity index (χ3v) is 3.16. The maximum absolute atomic E-state index is 5.37. The van der Waals surface area contributed by atoms with Gasteiger partial charge in [-0.05, 0) is 59.3 Å². The maximum Gasteiger partial charge on any atom is 0.0616 e. The second-order valence-electron chi connectivity index (χ2n) is 4.77. The van der Waals surface area contributed by atoms with Gasteiger partial charge in [-0.2, -0.15) is 0 Å². The quantitative estimate of drug-likeness (QED) is 0.642. The smallest absolute Gasteiger partial charge is 0.0616 e. The second-order valence-corrected chi connectivity index (χ2v) is 4.77. The van der Waals surface area contributed by atoms with Gasteiger partial charge in [-0.1, -0.05) is 6.42 Å². The van der Waals surface area contributed by atoms with Crippen LogP contribution in [0.5, 0.6) is 0 Å². The van der Waals surface area contributed by atoms with Crippen molar-refractivity contribution < 1.29 is 4.74 Å². The van der Waals surface area contributed by atoms with Gasteiger partial charge in [0.2, 0.25) is 0 Å². The third-order valence-electron chi connectivity index (χ3n) is 3.16. The molecule has 1 unspecified atom stereocenters. The van der Waals surface area contributed by atoms with Crippen LogP contribution in [0.3, 0.4) is 0 Å². The van der Waals surface area contributed by atoms with Crippen molar-refractivity contribution in [2.75, 3.05) is 39.4 Å². The van der Waals surface area contributed by atoms with Crippen LogP contribution < -0.4 is 5.32 Å². The highest BCUT2D eigenvalue weighted by Gasteiger charge is 2.09. The Morgan fingerprint density at radius 1 is 1.25 bits per heavy atom. The van der Waals surface area contributed by atoms with E-state index in [1.165, 1.54) is 45.3 Å². The summed E-state index contributed by atoms with van der Waals surface area (Å²) in [5, 5.41) is 3.51. The van der Waals surface area contributed by atoms with E-state index >= 15 is 0 Å². The summed E-state index contributed by atoms with van der Waals surface area (Å²) in [6.07, 6.45) is 5.49. The van der Waals surface area contributed by atoms with Crippen molar-refractivity contribution in [1.29, 1.82) is 0 Å². The molecule has 1 aliphatic heterocycles. The summed E-state index contributed by atoms with van der Waals surface area (Å²) >= 11 is 0. The number of hydrogen-bond acceptors (Lipinski definition) is 3. The van der Waals surface area contributed by atoms with Gasteiger partial charge in [0.25, 0.3) is 0 Å². The SMILES string of the molecule is CCOCC(C)NCCCN1CCCCC1. The molecule has 1 atom stereocenters. The Morgan fingerprint density at radius 2 is 2.00 bits per heavy atom. The molecule has 1 heterocycles. The van der Waals surface area contributed by atoms with Crippen LogP contribution in [-0.4, -0.2) is 50.3 Å². The average molecular weight is 228 g/mol. The molecule has 1 aliphatic rings. The van der Waals surface area contributed by atoms with Crippen molar-refractivity contribution >= 4 is 0 Å². The lowest BCUT2D eigenvalue weighted by Gasteiger charge is -2.26. The van der Waals surface area contributed by atoms with E-state index in [2.05, 4.69) is 17.1 Å². The van der Waals surface area contributed by atoms with E-state index in [1.54, 1.807) is 0 Å². The zero-order valence-electron chi connectivity index (χ0n) is 11.0. The van der Waals surface area contributed by atoms with Crippen molar-refractivity contribution in [3.63, 3.8) is 0 Å². The van der Waals surface area contributed by atoms with Crippen LogP contribution in [0.15, 0.2) is 0 Å². The summed E-state index contributed by atoms with van der Waals surface area (Å²) in [4.78, 5) is 2.60. The van der Waals surface area contributed by atoms with Crippen LogP contribution in [0.4, 0.5) is 0 Å². The molecule has 0 amide bonds. The van der Waals surface area contributed by atoms with Gasteiger partial charge in [0.15, 0.2) is 0 Å². The van der Waals surface area contributed by atoms with Crippen LogP contribution in [0.2, 0.25) is 0 Å². The molecule has 0 aromatic rings. The summed E-state index contributed by atoms with van der Waals surface area (Å²) < 4.78 is 5.37. The molecular formula is C13H28N2O. The number of rotatable bonds is 8. The van der Waals surface area contributed by atoms with Crippen molar-refractivity contribution in [3.05, 3.63) is 0 Å². The molecule has 0 aromatic heterocycles. The Hall–Kier alpha value is -0.120. The summed E-state index contributed by atoms with van der Waals surface area (Å²) in [7, 11) is 0. The minimum absolute atomic E-state index is 0.487. The number of piperidine rings is 1. The zero-order valence-corrected chi connectivity index (χ0v) is 11.0. The number of nitrogens with zero attached hydrogens (tertiary/aromatic N) is 1. The Balaban J connectivity index is 1.90. The van der Waals surface area contributed by atoms with Gasteiger partial charge >= 0.3 is 0 Å². The molecule has 0 radical (unpaired) electrons. The fourth-order valence-electron chi connectivity index (χ4n) is 2.19. The monoisotopic (exact) mass is 228 g/mol. The molecule has 0 aromatic carbocycles. The van der Waals surface area contributed by atoms with E-state index in [0.29, 0.717) is 6.04 Å². The van der Waals surface area contributed by atoms with Gasteiger partial charge in [-0.15, -0.1) is 0 Å². The number of nitrogens with one attached hydrogen (secondary N) is 1. The molecule has 0 aliphatic carbocycles. The number of ether oxygens (including phenoxy) is 1. The van der Waals surface area contributed by atoms with E-state index in [4.69, 9.17) is 4.74 Å². The lowest BCUT2D eigenvalue weighted by atomic mass is 10.1. The Bertz CT molecular complexity index is 158. The van der Waals surface area contributed by atoms with Crippen LogP contribution in [0, 0.1) is 0 Å². The van der Waals surface area contributed by atoms with Crippen LogP contribution in [0.1, 0.15) is 39.5 Å². The first kappa shape index (κ1) is 13.9. The second kappa shape index (κ2) is 8.97. The highest BCUT2D eigenvalue weighted by atomic mass is 16.5. The number of hydrogen-bond donors (Lipinski definition) is 1. The number of likely N-dealkylation sites (tertiary alicyclic amines) is 1. The summed E-state index contributed by atoms with van der Waals surface area (Å²) in [6.45, 7) is 10.9. The molecule has 1 fully saturated rings. The molecule has 0 bridgehead atoms. The maximum atomic E-state index is 5.37. The first-order chi connectivity index (χ1) is 7.83. The van der Waals surface area contributed by atoms with Gasteiger partial charge in [-0.3, -0.25) is 0 Å². The van der Waals surface area contributed by atoms with Gasteiger partial charge in [0.05, 0.1) is 6.61 Å². The van der Waals surface area contributed by atoms with Crippen molar-refractivity contribution in [2.24, 2.45) is 0 Å². The fourth-order valence-corrected chi connectivity index (χ4v) is 2.19. The van der Waals surface area contributed by atoms with Gasteiger partial charge < -0.3 is 15.0 Å². The summed E-state index contributed by atoms with van der Waals surface area (Å²) in [5.74, 6) is 0. The molecule has 3 nitrogen and oxygen atoms in total. The molecule has 1 N–H and O–H groups in total. The first-order valence-electron chi connectivity index (χ1n) is 6.86. The van der Waals surface area contributed by atoms with Crippen LogP contribution >= 0.6 is 0 Å². The third kappa shape index (κ3) is 6.46. The molecule has 1 rings (SSSR count). The fraction of sp³-hybridized carbons (Fsp3) is 1.00. The highest BCUT2D eigenvalue weighted by molar-refractivity contribution is 4.66. The normalized spacial score (nSPS) is 19.9. The average Bonchev–Trinajstić information content (AvgIpc) is 2.33. The zero-order chi connectivity index (χ0) is 11.6. The van der Waals surface area contributed by atoms with E-state index in [9.17, 15) is 0 Å². The van der Waals surface area contributed by atoms with E-state index in [-0.39, 0.29) is 0 Å².